The molecule has 3 heteroatoms. The van der Waals surface area contributed by atoms with Crippen LogP contribution in [0.4, 0.5) is 0 Å². The lowest BCUT2D eigenvalue weighted by molar-refractivity contribution is 0.0698. The Kier molecular flexibility index (Phi) is 7.23. The number of aliphatic hydroxyl groups is 2. The largest absolute Gasteiger partial charge is 0.396 e. The number of hydrogen-bond acceptors (Lipinski definition) is 3. The van der Waals surface area contributed by atoms with E-state index in [9.17, 15) is 0 Å². The van der Waals surface area contributed by atoms with E-state index in [1.165, 1.54) is 19.3 Å². The van der Waals surface area contributed by atoms with E-state index >= 15 is 0 Å². The molecule has 0 bridgehead atoms. The average Bonchev–Trinajstić information content (AvgIpc) is 2.17. The van der Waals surface area contributed by atoms with Gasteiger partial charge in [-0.1, -0.05) is 26.7 Å². The molecule has 0 amide bonds. The smallest absolute Gasteiger partial charge is 0.0518 e. The van der Waals surface area contributed by atoms with Crippen LogP contribution in [0.3, 0.4) is 0 Å². The highest BCUT2D eigenvalue weighted by atomic mass is 16.3. The van der Waals surface area contributed by atoms with Gasteiger partial charge < -0.3 is 15.5 Å². The van der Waals surface area contributed by atoms with Gasteiger partial charge in [0.05, 0.1) is 13.2 Å². The van der Waals surface area contributed by atoms with Gasteiger partial charge in [-0.2, -0.15) is 0 Å². The van der Waals surface area contributed by atoms with Crippen molar-refractivity contribution in [2.24, 2.45) is 5.41 Å². The molecular formula is C10H23NO2. The topological polar surface area (TPSA) is 52.5 Å². The fraction of sp³-hybridized carbons (Fsp3) is 1.00. The van der Waals surface area contributed by atoms with Crippen molar-refractivity contribution in [2.75, 3.05) is 26.3 Å². The van der Waals surface area contributed by atoms with E-state index in [1.54, 1.807) is 0 Å². The maximum atomic E-state index is 8.99. The zero-order chi connectivity index (χ0) is 10.2. The SMILES string of the molecule is CCCCCNCC(C)(CO)CO. The third kappa shape index (κ3) is 6.02. The maximum absolute atomic E-state index is 8.99. The summed E-state index contributed by atoms with van der Waals surface area (Å²) in [6.07, 6.45) is 3.63. The van der Waals surface area contributed by atoms with Crippen LogP contribution < -0.4 is 5.32 Å². The molecule has 0 aromatic carbocycles. The second-order valence-electron chi connectivity index (χ2n) is 4.01. The number of aliphatic hydroxyl groups excluding tert-OH is 2. The van der Waals surface area contributed by atoms with Gasteiger partial charge in [0.1, 0.15) is 0 Å². The average molecular weight is 189 g/mol. The van der Waals surface area contributed by atoms with Crippen LogP contribution >= 0.6 is 0 Å². The van der Waals surface area contributed by atoms with Crippen molar-refractivity contribution in [2.45, 2.75) is 33.1 Å². The second-order valence-corrected chi connectivity index (χ2v) is 4.01. The molecule has 0 heterocycles. The van der Waals surface area contributed by atoms with Crippen LogP contribution in [0.1, 0.15) is 33.1 Å². The van der Waals surface area contributed by atoms with Crippen LogP contribution in [0.2, 0.25) is 0 Å². The van der Waals surface area contributed by atoms with Crippen molar-refractivity contribution in [1.82, 2.24) is 5.32 Å². The molecule has 13 heavy (non-hydrogen) atoms. The van der Waals surface area contributed by atoms with E-state index < -0.39 is 0 Å². The molecule has 0 aromatic heterocycles. The zero-order valence-electron chi connectivity index (χ0n) is 8.84. The van der Waals surface area contributed by atoms with Crippen molar-refractivity contribution in [3.05, 3.63) is 0 Å². The van der Waals surface area contributed by atoms with Gasteiger partial charge in [0, 0.05) is 12.0 Å². The summed E-state index contributed by atoms with van der Waals surface area (Å²) in [6, 6.07) is 0. The molecule has 0 rings (SSSR count). The highest BCUT2D eigenvalue weighted by Gasteiger charge is 2.21. The number of hydrogen-bond donors (Lipinski definition) is 3. The molecule has 0 unspecified atom stereocenters. The molecule has 0 spiro atoms. The van der Waals surface area contributed by atoms with Gasteiger partial charge in [-0.25, -0.2) is 0 Å². The fourth-order valence-electron chi connectivity index (χ4n) is 1.05. The molecular weight excluding hydrogens is 166 g/mol. The third-order valence-corrected chi connectivity index (χ3v) is 2.27. The molecule has 0 fully saturated rings. The van der Waals surface area contributed by atoms with Gasteiger partial charge >= 0.3 is 0 Å². The first kappa shape index (κ1) is 12.9. The van der Waals surface area contributed by atoms with Gasteiger partial charge in [-0.15, -0.1) is 0 Å². The van der Waals surface area contributed by atoms with Crippen molar-refractivity contribution in [3.63, 3.8) is 0 Å². The van der Waals surface area contributed by atoms with Crippen LogP contribution in [-0.2, 0) is 0 Å². The Hall–Kier alpha value is -0.120. The van der Waals surface area contributed by atoms with E-state index in [4.69, 9.17) is 10.2 Å². The molecule has 0 aliphatic carbocycles. The number of unbranched alkanes of at least 4 members (excludes halogenated alkanes) is 2. The van der Waals surface area contributed by atoms with Crippen LogP contribution in [0, 0.1) is 5.41 Å². The van der Waals surface area contributed by atoms with Gasteiger partial charge in [0.2, 0.25) is 0 Å². The molecule has 3 nitrogen and oxygen atoms in total. The molecule has 0 aromatic rings. The Morgan fingerprint density at radius 3 is 2.23 bits per heavy atom. The predicted octanol–water partition coefficient (Wildman–Crippen LogP) is 0.757. The first-order valence-electron chi connectivity index (χ1n) is 5.11. The van der Waals surface area contributed by atoms with Crippen molar-refractivity contribution < 1.29 is 10.2 Å². The first-order chi connectivity index (χ1) is 6.18. The Morgan fingerprint density at radius 2 is 1.77 bits per heavy atom. The van der Waals surface area contributed by atoms with Crippen molar-refractivity contribution in [3.8, 4) is 0 Å². The lowest BCUT2D eigenvalue weighted by atomic mass is 9.93. The number of nitrogens with one attached hydrogen (secondary N) is 1. The molecule has 0 atom stereocenters. The van der Waals surface area contributed by atoms with Crippen LogP contribution in [0.15, 0.2) is 0 Å². The fourth-order valence-corrected chi connectivity index (χ4v) is 1.05. The summed E-state index contributed by atoms with van der Waals surface area (Å²) in [6.45, 7) is 5.77. The summed E-state index contributed by atoms with van der Waals surface area (Å²) < 4.78 is 0. The Morgan fingerprint density at radius 1 is 1.15 bits per heavy atom. The Balaban J connectivity index is 3.39. The summed E-state index contributed by atoms with van der Waals surface area (Å²) in [5.41, 5.74) is -0.369. The minimum atomic E-state index is -0.369. The van der Waals surface area contributed by atoms with E-state index in [1.807, 2.05) is 6.92 Å². The monoisotopic (exact) mass is 189 g/mol. The molecule has 0 saturated carbocycles. The van der Waals surface area contributed by atoms with E-state index in [0.29, 0.717) is 6.54 Å². The molecule has 0 radical (unpaired) electrons. The van der Waals surface area contributed by atoms with Crippen molar-refractivity contribution in [1.29, 1.82) is 0 Å². The predicted molar refractivity (Wildman–Crippen MR) is 54.7 cm³/mol. The summed E-state index contributed by atoms with van der Waals surface area (Å²) in [5.74, 6) is 0. The lowest BCUT2D eigenvalue weighted by Gasteiger charge is -2.24. The normalized spacial score (nSPS) is 12.0. The van der Waals surface area contributed by atoms with Crippen molar-refractivity contribution >= 4 is 0 Å². The van der Waals surface area contributed by atoms with Crippen LogP contribution in [0.25, 0.3) is 0 Å². The molecule has 0 aliphatic heterocycles. The highest BCUT2D eigenvalue weighted by molar-refractivity contribution is 4.74. The van der Waals surface area contributed by atoms with E-state index in [2.05, 4.69) is 12.2 Å². The Labute approximate surface area is 81.2 Å². The van der Waals surface area contributed by atoms with Gasteiger partial charge in [-0.3, -0.25) is 0 Å². The molecule has 0 aliphatic rings. The van der Waals surface area contributed by atoms with Gasteiger partial charge in [-0.05, 0) is 13.0 Å². The lowest BCUT2D eigenvalue weighted by Crippen LogP contribution is -2.38. The summed E-state index contributed by atoms with van der Waals surface area (Å²) >= 11 is 0. The highest BCUT2D eigenvalue weighted by Crippen LogP contribution is 2.11. The molecule has 80 valence electrons. The van der Waals surface area contributed by atoms with Gasteiger partial charge in [0.15, 0.2) is 0 Å². The van der Waals surface area contributed by atoms with Crippen LogP contribution in [0.5, 0.6) is 0 Å². The summed E-state index contributed by atoms with van der Waals surface area (Å²) in [5, 5.41) is 21.2. The minimum absolute atomic E-state index is 0.0320. The first-order valence-corrected chi connectivity index (χ1v) is 5.11. The second kappa shape index (κ2) is 7.30. The summed E-state index contributed by atoms with van der Waals surface area (Å²) in [4.78, 5) is 0. The maximum Gasteiger partial charge on any atom is 0.0518 e. The quantitative estimate of drug-likeness (QED) is 0.494. The molecule has 3 N–H and O–H groups in total. The third-order valence-electron chi connectivity index (χ3n) is 2.27. The zero-order valence-corrected chi connectivity index (χ0v) is 8.84. The summed E-state index contributed by atoms with van der Waals surface area (Å²) in [7, 11) is 0. The van der Waals surface area contributed by atoms with Gasteiger partial charge in [0.25, 0.3) is 0 Å². The van der Waals surface area contributed by atoms with E-state index in [0.717, 1.165) is 6.54 Å². The van der Waals surface area contributed by atoms with E-state index in [-0.39, 0.29) is 18.6 Å². The molecule has 0 saturated heterocycles. The minimum Gasteiger partial charge on any atom is -0.396 e. The number of rotatable bonds is 8. The standard InChI is InChI=1S/C10H23NO2/c1-3-4-5-6-11-7-10(2,8-12)9-13/h11-13H,3-9H2,1-2H3. The van der Waals surface area contributed by atoms with Crippen LogP contribution in [-0.4, -0.2) is 36.5 Å². The Bertz CT molecular complexity index is 113.